The summed E-state index contributed by atoms with van der Waals surface area (Å²) in [4.78, 5) is 61.7. The third kappa shape index (κ3) is 9.46. The second kappa shape index (κ2) is 16.1. The van der Waals surface area contributed by atoms with E-state index in [1.807, 2.05) is 4.72 Å². The molecular weight excluding hydrogens is 823 g/mol. The van der Waals surface area contributed by atoms with Gasteiger partial charge in [0.25, 0.3) is 5.91 Å². The number of carbonyl (C=O) groups is 4. The number of rotatable bonds is 14. The average Bonchev–Trinajstić information content (AvgIpc) is 3.88. The summed E-state index contributed by atoms with van der Waals surface area (Å²) in [5, 5.41) is 5.90. The highest BCUT2D eigenvalue weighted by Gasteiger charge is 2.63. The van der Waals surface area contributed by atoms with E-state index in [2.05, 4.69) is 15.6 Å². The number of amides is 4. The summed E-state index contributed by atoms with van der Waals surface area (Å²) in [6, 6.07) is 3.71. The maximum absolute atomic E-state index is 14.7. The van der Waals surface area contributed by atoms with E-state index in [9.17, 15) is 40.8 Å². The summed E-state index contributed by atoms with van der Waals surface area (Å²) in [5.41, 5.74) is -6.06. The molecule has 0 spiro atoms. The minimum absolute atomic E-state index is 0.0946. The number of benzene rings is 1. The lowest BCUT2D eigenvalue weighted by Gasteiger charge is -2.37. The van der Waals surface area contributed by atoms with Gasteiger partial charge in [-0.05, 0) is 82.3 Å². The zero-order valence-corrected chi connectivity index (χ0v) is 35.4. The SMILES string of the molecule is CCOc1cc(O[C@@H]2C[C@@H](C(=O)N[C@]3(C(=O)NS(=O)(=O)OC4(C)CC4)C[C@H]3CC)N(C(=O)[C@@H](NC(=O)OC3(C(F)(F)F)CCCC3)C(C)(C)C)C2)c2cccc(Cl)c2n1. The number of nitrogens with one attached hydrogen (secondary N) is 3. The van der Waals surface area contributed by atoms with Gasteiger partial charge in [0, 0.05) is 17.9 Å². The fraction of sp³-hybridized carbons (Fsp3) is 0.667. The number of ether oxygens (including phenoxy) is 3. The molecule has 3 N–H and O–H groups in total. The van der Waals surface area contributed by atoms with Crippen molar-refractivity contribution in [3.05, 3.63) is 29.3 Å². The first-order chi connectivity index (χ1) is 27.5. The van der Waals surface area contributed by atoms with Gasteiger partial charge in [-0.15, -0.1) is 0 Å². The summed E-state index contributed by atoms with van der Waals surface area (Å²) in [5.74, 6) is -2.66. The monoisotopic (exact) mass is 873 g/mol. The predicted molar refractivity (Wildman–Crippen MR) is 208 cm³/mol. The van der Waals surface area contributed by atoms with Gasteiger partial charge in [-0.3, -0.25) is 14.4 Å². The average molecular weight is 874 g/mol. The van der Waals surface area contributed by atoms with Crippen molar-refractivity contribution in [2.24, 2.45) is 11.3 Å². The Kier molecular flexibility index (Phi) is 12.1. The Hall–Kier alpha value is -4.10. The molecule has 3 aliphatic carbocycles. The molecule has 1 aliphatic heterocycles. The molecule has 4 fully saturated rings. The van der Waals surface area contributed by atoms with Crippen LogP contribution in [-0.2, 0) is 33.6 Å². The van der Waals surface area contributed by atoms with E-state index in [1.54, 1.807) is 59.7 Å². The van der Waals surface area contributed by atoms with Crippen LogP contribution in [0.25, 0.3) is 10.9 Å². The van der Waals surface area contributed by atoms with Crippen LogP contribution in [0.2, 0.25) is 5.02 Å². The van der Waals surface area contributed by atoms with Crippen molar-refractivity contribution in [3.8, 4) is 11.6 Å². The van der Waals surface area contributed by atoms with Gasteiger partial charge in [-0.1, -0.05) is 51.8 Å². The Labute approximate surface area is 346 Å². The summed E-state index contributed by atoms with van der Waals surface area (Å²) in [6.45, 7) is 9.91. The molecule has 1 saturated heterocycles. The smallest absolute Gasteiger partial charge is 0.428 e. The molecule has 2 aromatic rings. The first kappa shape index (κ1) is 44.5. The van der Waals surface area contributed by atoms with Crippen LogP contribution in [0, 0.1) is 11.3 Å². The van der Waals surface area contributed by atoms with Crippen molar-refractivity contribution in [3.63, 3.8) is 0 Å². The number of nitrogens with zero attached hydrogens (tertiary/aromatic N) is 2. The molecule has 1 aromatic carbocycles. The van der Waals surface area contributed by atoms with Crippen LogP contribution in [0.5, 0.6) is 11.6 Å². The lowest BCUT2D eigenvalue weighted by atomic mass is 9.85. The molecular formula is C39H51ClF3N5O10S. The van der Waals surface area contributed by atoms with Gasteiger partial charge in [0.15, 0.2) is 0 Å². The van der Waals surface area contributed by atoms with Gasteiger partial charge >= 0.3 is 22.6 Å². The summed E-state index contributed by atoms with van der Waals surface area (Å²) >= 11 is 6.48. The Balaban J connectivity index is 1.31. The number of alkyl halides is 3. The van der Waals surface area contributed by atoms with Gasteiger partial charge < -0.3 is 29.7 Å². The van der Waals surface area contributed by atoms with Crippen molar-refractivity contribution >= 4 is 56.6 Å². The number of alkyl carbamates (subject to hydrolysis) is 1. The Bertz CT molecular complexity index is 2090. The molecule has 6 rings (SSSR count). The van der Waals surface area contributed by atoms with Crippen LogP contribution in [0.1, 0.15) is 99.3 Å². The number of hydrogen-bond acceptors (Lipinski definition) is 11. The number of aromatic nitrogens is 1. The molecule has 3 saturated carbocycles. The van der Waals surface area contributed by atoms with Crippen molar-refractivity contribution < 1.29 is 59.2 Å². The molecule has 4 aliphatic rings. The molecule has 15 nitrogen and oxygen atoms in total. The van der Waals surface area contributed by atoms with Gasteiger partial charge in [0.2, 0.25) is 23.3 Å². The zero-order valence-electron chi connectivity index (χ0n) is 33.8. The molecule has 4 amide bonds. The Morgan fingerprint density at radius 1 is 1.07 bits per heavy atom. The van der Waals surface area contributed by atoms with Gasteiger partial charge in [-0.2, -0.15) is 21.6 Å². The maximum Gasteiger partial charge on any atom is 0.428 e. The molecule has 0 bridgehead atoms. The van der Waals surface area contributed by atoms with E-state index < -0.39 is 99.4 Å². The normalized spacial score (nSPS) is 25.2. The molecule has 326 valence electrons. The van der Waals surface area contributed by atoms with E-state index in [0.29, 0.717) is 35.2 Å². The number of para-hydroxylation sites is 1. The van der Waals surface area contributed by atoms with E-state index >= 15 is 0 Å². The summed E-state index contributed by atoms with van der Waals surface area (Å²) in [6.07, 6.45) is -6.36. The number of carbonyl (C=O) groups excluding carboxylic acids is 4. The Morgan fingerprint density at radius 3 is 2.32 bits per heavy atom. The molecule has 59 heavy (non-hydrogen) atoms. The molecule has 0 radical (unpaired) electrons. The van der Waals surface area contributed by atoms with Crippen LogP contribution in [0.15, 0.2) is 24.3 Å². The second-order valence-electron chi connectivity index (χ2n) is 17.2. The van der Waals surface area contributed by atoms with Gasteiger partial charge in [0.1, 0.15) is 29.5 Å². The summed E-state index contributed by atoms with van der Waals surface area (Å²) in [7, 11) is -4.55. The number of pyridine rings is 1. The maximum atomic E-state index is 14.7. The first-order valence-electron chi connectivity index (χ1n) is 19.8. The van der Waals surface area contributed by atoms with E-state index in [-0.39, 0.29) is 50.5 Å². The van der Waals surface area contributed by atoms with Crippen LogP contribution >= 0.6 is 11.6 Å². The molecule has 20 heteroatoms. The van der Waals surface area contributed by atoms with Crippen molar-refractivity contribution in [1.82, 2.24) is 25.2 Å². The lowest BCUT2D eigenvalue weighted by Crippen LogP contribution is -2.61. The highest BCUT2D eigenvalue weighted by atomic mass is 35.5. The molecule has 5 atom stereocenters. The van der Waals surface area contributed by atoms with E-state index in [4.69, 9.17) is 30.0 Å². The van der Waals surface area contributed by atoms with Crippen molar-refractivity contribution in [2.75, 3.05) is 13.2 Å². The van der Waals surface area contributed by atoms with Crippen LogP contribution in [-0.4, -0.2) is 96.4 Å². The van der Waals surface area contributed by atoms with Crippen LogP contribution in [0.4, 0.5) is 18.0 Å². The number of hydrogen-bond donors (Lipinski definition) is 3. The third-order valence-corrected chi connectivity index (χ3v) is 12.9. The fourth-order valence-corrected chi connectivity index (χ4v) is 9.29. The van der Waals surface area contributed by atoms with Crippen LogP contribution < -0.4 is 24.8 Å². The first-order valence-corrected chi connectivity index (χ1v) is 21.6. The van der Waals surface area contributed by atoms with E-state index in [1.165, 1.54) is 6.07 Å². The lowest BCUT2D eigenvalue weighted by molar-refractivity contribution is -0.255. The topological polar surface area (TPSA) is 192 Å². The van der Waals surface area contributed by atoms with Crippen molar-refractivity contribution in [1.29, 1.82) is 0 Å². The standard InChI is InChI=1S/C39H51ClF3N5O10S/c1-7-22-20-38(22,33(51)47-59(53,54)58-36(6)16-17-36)46-31(49)26-18-23(56-27-19-28(55-8-2)44-29-24(27)12-11-13-25(29)40)21-48(26)32(50)30(35(3,4)5)45-34(52)57-37(39(41,42)43)14-9-10-15-37/h11-13,19,22-23,26,30H,7-10,14-18,20-21H2,1-6H3,(H,45,52)(H,46,49)(H,47,51)/t22-,23-,26+,30-,38-/m1/s1. The van der Waals surface area contributed by atoms with Crippen LogP contribution in [0.3, 0.4) is 0 Å². The second-order valence-corrected chi connectivity index (χ2v) is 18.9. The third-order valence-electron chi connectivity index (χ3n) is 11.6. The highest BCUT2D eigenvalue weighted by Crippen LogP contribution is 2.48. The van der Waals surface area contributed by atoms with E-state index in [0.717, 1.165) is 4.90 Å². The quantitative estimate of drug-likeness (QED) is 0.206. The predicted octanol–water partition coefficient (Wildman–Crippen LogP) is 5.87. The highest BCUT2D eigenvalue weighted by molar-refractivity contribution is 7.85. The van der Waals surface area contributed by atoms with Crippen molar-refractivity contribution in [2.45, 2.75) is 140 Å². The minimum Gasteiger partial charge on any atom is -0.488 e. The summed E-state index contributed by atoms with van der Waals surface area (Å²) < 4.78 is 92.5. The van der Waals surface area contributed by atoms with Gasteiger partial charge in [0.05, 0.1) is 29.3 Å². The zero-order chi connectivity index (χ0) is 43.3. The number of likely N-dealkylation sites (tertiary alicyclic amines) is 1. The minimum atomic E-state index is -4.85. The number of fused-ring (bicyclic) bond motifs is 1. The fourth-order valence-electron chi connectivity index (χ4n) is 7.93. The molecule has 2 heterocycles. The largest absolute Gasteiger partial charge is 0.488 e. The number of halogens is 4. The molecule has 0 unspecified atom stereocenters. The Morgan fingerprint density at radius 2 is 1.75 bits per heavy atom. The van der Waals surface area contributed by atoms with Gasteiger partial charge in [-0.25, -0.2) is 18.7 Å². The molecule has 1 aromatic heterocycles.